The first-order valence-corrected chi connectivity index (χ1v) is 6.51. The molecule has 3 nitrogen and oxygen atoms in total. The van der Waals surface area contributed by atoms with E-state index in [4.69, 9.17) is 5.26 Å². The van der Waals surface area contributed by atoms with Gasteiger partial charge in [0.15, 0.2) is 0 Å². The third kappa shape index (κ3) is 3.03. The van der Waals surface area contributed by atoms with Crippen LogP contribution in [0.1, 0.15) is 37.0 Å². The number of rotatable bonds is 5. The van der Waals surface area contributed by atoms with Crippen molar-refractivity contribution in [1.29, 1.82) is 5.26 Å². The monoisotopic (exact) mass is 254 g/mol. The SMILES string of the molecule is CC(C)(C#N)CCCn1ccc2cc(C=O)ccc21. The van der Waals surface area contributed by atoms with Crippen molar-refractivity contribution in [2.24, 2.45) is 5.41 Å². The van der Waals surface area contributed by atoms with Gasteiger partial charge < -0.3 is 4.57 Å². The fourth-order valence-electron chi connectivity index (χ4n) is 2.23. The number of carbonyl (C=O) groups excluding carboxylic acids is 1. The summed E-state index contributed by atoms with van der Waals surface area (Å²) in [7, 11) is 0. The van der Waals surface area contributed by atoms with Gasteiger partial charge in [0.05, 0.1) is 11.5 Å². The second-order valence-electron chi connectivity index (χ2n) is 5.54. The molecule has 0 saturated heterocycles. The van der Waals surface area contributed by atoms with Crippen molar-refractivity contribution in [3.8, 4) is 6.07 Å². The lowest BCUT2D eigenvalue weighted by Gasteiger charge is -2.15. The van der Waals surface area contributed by atoms with Crippen LogP contribution in [0.25, 0.3) is 10.9 Å². The van der Waals surface area contributed by atoms with Gasteiger partial charge in [-0.3, -0.25) is 4.79 Å². The zero-order valence-electron chi connectivity index (χ0n) is 11.4. The molecule has 2 aromatic rings. The Kier molecular flexibility index (Phi) is 3.71. The molecule has 0 fully saturated rings. The maximum atomic E-state index is 10.7. The van der Waals surface area contributed by atoms with Crippen LogP contribution in [0.5, 0.6) is 0 Å². The smallest absolute Gasteiger partial charge is 0.150 e. The Morgan fingerprint density at radius 2 is 2.16 bits per heavy atom. The Hall–Kier alpha value is -2.08. The largest absolute Gasteiger partial charge is 0.347 e. The number of nitrogens with zero attached hydrogens (tertiary/aromatic N) is 2. The number of nitriles is 1. The summed E-state index contributed by atoms with van der Waals surface area (Å²) in [6, 6.07) is 10.1. The number of aromatic nitrogens is 1. The topological polar surface area (TPSA) is 45.8 Å². The van der Waals surface area contributed by atoms with Gasteiger partial charge >= 0.3 is 0 Å². The Morgan fingerprint density at radius 3 is 2.84 bits per heavy atom. The molecular formula is C16H18N2O. The van der Waals surface area contributed by atoms with E-state index in [1.54, 1.807) is 0 Å². The van der Waals surface area contributed by atoms with Crippen LogP contribution in [0, 0.1) is 16.7 Å². The molecule has 0 unspecified atom stereocenters. The molecule has 0 N–H and O–H groups in total. The van der Waals surface area contributed by atoms with Gasteiger partial charge in [-0.25, -0.2) is 0 Å². The van der Waals surface area contributed by atoms with Gasteiger partial charge in [0.2, 0.25) is 0 Å². The van der Waals surface area contributed by atoms with Crippen molar-refractivity contribution in [1.82, 2.24) is 4.57 Å². The number of aldehydes is 1. The number of benzene rings is 1. The first-order chi connectivity index (χ1) is 9.05. The molecule has 0 aliphatic rings. The molecule has 19 heavy (non-hydrogen) atoms. The number of carbonyl (C=O) groups is 1. The fraction of sp³-hybridized carbons (Fsp3) is 0.375. The van der Waals surface area contributed by atoms with E-state index in [1.807, 2.05) is 44.3 Å². The molecular weight excluding hydrogens is 236 g/mol. The van der Waals surface area contributed by atoms with E-state index >= 15 is 0 Å². The molecule has 0 saturated carbocycles. The summed E-state index contributed by atoms with van der Waals surface area (Å²) in [5.74, 6) is 0. The van der Waals surface area contributed by atoms with Gasteiger partial charge in [-0.05, 0) is 51.0 Å². The van der Waals surface area contributed by atoms with Crippen molar-refractivity contribution in [2.75, 3.05) is 0 Å². The average molecular weight is 254 g/mol. The van der Waals surface area contributed by atoms with Crippen molar-refractivity contribution in [2.45, 2.75) is 33.2 Å². The predicted molar refractivity (Wildman–Crippen MR) is 76.0 cm³/mol. The van der Waals surface area contributed by atoms with Gasteiger partial charge in [0.25, 0.3) is 0 Å². The second-order valence-corrected chi connectivity index (χ2v) is 5.54. The fourth-order valence-corrected chi connectivity index (χ4v) is 2.23. The maximum absolute atomic E-state index is 10.7. The highest BCUT2D eigenvalue weighted by Gasteiger charge is 2.15. The molecule has 1 heterocycles. The van der Waals surface area contributed by atoms with Crippen LogP contribution in [0.4, 0.5) is 0 Å². The van der Waals surface area contributed by atoms with Crippen LogP contribution in [0.15, 0.2) is 30.5 Å². The van der Waals surface area contributed by atoms with Gasteiger partial charge in [0.1, 0.15) is 6.29 Å². The number of hydrogen-bond acceptors (Lipinski definition) is 2. The van der Waals surface area contributed by atoms with E-state index in [-0.39, 0.29) is 5.41 Å². The lowest BCUT2D eigenvalue weighted by molar-refractivity contribution is 0.112. The number of fused-ring (bicyclic) bond motifs is 1. The molecule has 1 aromatic carbocycles. The van der Waals surface area contributed by atoms with Crippen molar-refractivity contribution in [3.05, 3.63) is 36.0 Å². The third-order valence-corrected chi connectivity index (χ3v) is 3.43. The first-order valence-electron chi connectivity index (χ1n) is 6.51. The Morgan fingerprint density at radius 1 is 1.37 bits per heavy atom. The lowest BCUT2D eigenvalue weighted by atomic mass is 9.90. The molecule has 0 spiro atoms. The maximum Gasteiger partial charge on any atom is 0.150 e. The summed E-state index contributed by atoms with van der Waals surface area (Å²) in [6.07, 6.45) is 4.76. The predicted octanol–water partition coefficient (Wildman–Crippen LogP) is 3.78. The van der Waals surface area contributed by atoms with E-state index in [9.17, 15) is 4.79 Å². The van der Waals surface area contributed by atoms with Gasteiger partial charge in [-0.15, -0.1) is 0 Å². The van der Waals surface area contributed by atoms with Gasteiger partial charge in [-0.2, -0.15) is 5.26 Å². The molecule has 3 heteroatoms. The average Bonchev–Trinajstić information content (AvgIpc) is 2.81. The summed E-state index contributed by atoms with van der Waals surface area (Å²) in [4.78, 5) is 10.7. The molecule has 0 amide bonds. The molecule has 98 valence electrons. The second kappa shape index (κ2) is 5.27. The van der Waals surface area contributed by atoms with Gasteiger partial charge in [-0.1, -0.05) is 0 Å². The minimum Gasteiger partial charge on any atom is -0.347 e. The molecule has 0 aliphatic heterocycles. The summed E-state index contributed by atoms with van der Waals surface area (Å²) < 4.78 is 2.18. The van der Waals surface area contributed by atoms with E-state index in [2.05, 4.69) is 10.6 Å². The Balaban J connectivity index is 2.10. The van der Waals surface area contributed by atoms with Crippen molar-refractivity contribution < 1.29 is 4.79 Å². The Labute approximate surface area is 113 Å². The van der Waals surface area contributed by atoms with Crippen molar-refractivity contribution in [3.63, 3.8) is 0 Å². The Bertz CT molecular complexity index is 632. The quantitative estimate of drug-likeness (QED) is 0.762. The highest BCUT2D eigenvalue weighted by molar-refractivity contribution is 5.87. The minimum absolute atomic E-state index is 0.256. The number of hydrogen-bond donors (Lipinski definition) is 0. The van der Waals surface area contributed by atoms with Crippen LogP contribution in [0.2, 0.25) is 0 Å². The molecule has 0 bridgehead atoms. The first kappa shape index (κ1) is 13.4. The standard InChI is InChI=1S/C16H18N2O/c1-16(2,12-17)7-3-8-18-9-6-14-10-13(11-19)4-5-15(14)18/h4-6,9-11H,3,7-8H2,1-2H3. The highest BCUT2D eigenvalue weighted by atomic mass is 16.1. The molecule has 0 aliphatic carbocycles. The minimum atomic E-state index is -0.256. The van der Waals surface area contributed by atoms with E-state index in [1.165, 1.54) is 0 Å². The molecule has 2 rings (SSSR count). The molecule has 0 radical (unpaired) electrons. The van der Waals surface area contributed by atoms with E-state index in [0.29, 0.717) is 5.56 Å². The summed E-state index contributed by atoms with van der Waals surface area (Å²) in [5.41, 5.74) is 1.59. The van der Waals surface area contributed by atoms with Crippen LogP contribution in [0.3, 0.4) is 0 Å². The zero-order chi connectivity index (χ0) is 13.9. The van der Waals surface area contributed by atoms with E-state index in [0.717, 1.165) is 36.6 Å². The third-order valence-electron chi connectivity index (χ3n) is 3.43. The van der Waals surface area contributed by atoms with Crippen LogP contribution >= 0.6 is 0 Å². The van der Waals surface area contributed by atoms with Crippen molar-refractivity contribution >= 4 is 17.2 Å². The van der Waals surface area contributed by atoms with Crippen LogP contribution < -0.4 is 0 Å². The zero-order valence-corrected chi connectivity index (χ0v) is 11.4. The lowest BCUT2D eigenvalue weighted by Crippen LogP contribution is -2.09. The molecule has 1 aromatic heterocycles. The summed E-state index contributed by atoms with van der Waals surface area (Å²) in [5, 5.41) is 10.1. The number of aryl methyl sites for hydroxylation is 1. The van der Waals surface area contributed by atoms with E-state index < -0.39 is 0 Å². The van der Waals surface area contributed by atoms with Gasteiger partial charge in [0, 0.05) is 29.2 Å². The molecule has 0 atom stereocenters. The van der Waals surface area contributed by atoms with Crippen LogP contribution in [-0.4, -0.2) is 10.9 Å². The van der Waals surface area contributed by atoms with Crippen LogP contribution in [-0.2, 0) is 6.54 Å². The highest BCUT2D eigenvalue weighted by Crippen LogP contribution is 2.23. The normalized spacial score (nSPS) is 11.4. The summed E-state index contributed by atoms with van der Waals surface area (Å²) in [6.45, 7) is 4.84. The summed E-state index contributed by atoms with van der Waals surface area (Å²) >= 11 is 0.